The molecule has 0 radical (unpaired) electrons. The third-order valence-corrected chi connectivity index (χ3v) is 5.51. The number of nitrogens with zero attached hydrogens (tertiary/aromatic N) is 2. The number of amides is 1. The average Bonchev–Trinajstić information content (AvgIpc) is 3.14. The monoisotopic (exact) mass is 394 g/mol. The quantitative estimate of drug-likeness (QED) is 0.659. The van der Waals surface area contributed by atoms with Crippen molar-refractivity contribution in [3.8, 4) is 17.1 Å². The first-order chi connectivity index (χ1) is 13.9. The maximum Gasteiger partial charge on any atom is 0.260 e. The first kappa shape index (κ1) is 19.2. The van der Waals surface area contributed by atoms with Crippen LogP contribution in [0, 0.1) is 26.6 Å². The maximum atomic E-state index is 13.2. The van der Waals surface area contributed by atoms with E-state index >= 15 is 0 Å². The number of carbonyl (C=O) groups is 1. The highest BCUT2D eigenvalue weighted by Gasteiger charge is 2.27. The van der Waals surface area contributed by atoms with Crippen molar-refractivity contribution in [3.63, 3.8) is 0 Å². The largest absolute Gasteiger partial charge is 0.483 e. The average molecular weight is 394 g/mol. The van der Waals surface area contributed by atoms with Gasteiger partial charge >= 0.3 is 0 Å². The Morgan fingerprint density at radius 3 is 2.62 bits per heavy atom. The van der Waals surface area contributed by atoms with Gasteiger partial charge in [-0.15, -0.1) is 0 Å². The second-order valence-electron chi connectivity index (χ2n) is 7.45. The van der Waals surface area contributed by atoms with E-state index in [-0.39, 0.29) is 18.3 Å². The SMILES string of the molecule is Cc1ccc(C)c(OCC(=O)N2CCc3noc(-c4ccc(F)cc4)c3C2)c1C. The lowest BCUT2D eigenvalue weighted by molar-refractivity contribution is -0.134. The summed E-state index contributed by atoms with van der Waals surface area (Å²) in [6.45, 7) is 6.96. The molecule has 1 aliphatic heterocycles. The standard InChI is InChI=1S/C23H23FN2O3/c1-14-4-5-15(2)22(16(14)3)28-13-21(27)26-11-10-20-19(12-26)23(29-25-20)17-6-8-18(24)9-7-17/h4-9H,10-13H2,1-3H3. The number of fused-ring (bicyclic) bond motifs is 1. The van der Waals surface area contributed by atoms with E-state index in [4.69, 9.17) is 9.26 Å². The molecule has 3 aromatic rings. The van der Waals surface area contributed by atoms with Gasteiger partial charge in [-0.3, -0.25) is 4.79 Å². The van der Waals surface area contributed by atoms with Crippen LogP contribution in [-0.2, 0) is 17.8 Å². The predicted molar refractivity (Wildman–Crippen MR) is 107 cm³/mol. The van der Waals surface area contributed by atoms with Crippen molar-refractivity contribution in [2.75, 3.05) is 13.2 Å². The molecule has 4 rings (SSSR count). The van der Waals surface area contributed by atoms with E-state index in [2.05, 4.69) is 5.16 Å². The summed E-state index contributed by atoms with van der Waals surface area (Å²) in [5.41, 5.74) is 5.67. The Morgan fingerprint density at radius 1 is 1.14 bits per heavy atom. The Labute approximate surface area is 169 Å². The van der Waals surface area contributed by atoms with Crippen LogP contribution >= 0.6 is 0 Å². The van der Waals surface area contributed by atoms with Crippen molar-refractivity contribution in [2.45, 2.75) is 33.7 Å². The van der Waals surface area contributed by atoms with Crippen LogP contribution in [0.2, 0.25) is 0 Å². The molecule has 0 bridgehead atoms. The molecule has 0 atom stereocenters. The molecule has 1 amide bonds. The highest BCUT2D eigenvalue weighted by Crippen LogP contribution is 2.31. The zero-order valence-corrected chi connectivity index (χ0v) is 16.8. The highest BCUT2D eigenvalue weighted by molar-refractivity contribution is 5.78. The molecule has 1 aliphatic rings. The number of hydrogen-bond acceptors (Lipinski definition) is 4. The Bertz CT molecular complexity index is 1060. The van der Waals surface area contributed by atoms with E-state index in [9.17, 15) is 9.18 Å². The fraction of sp³-hybridized carbons (Fsp3) is 0.304. The number of rotatable bonds is 4. The number of halogens is 1. The molecule has 2 aromatic carbocycles. The van der Waals surface area contributed by atoms with Crippen LogP contribution in [0.5, 0.6) is 5.75 Å². The Hall–Kier alpha value is -3.15. The molecule has 0 spiro atoms. The van der Waals surface area contributed by atoms with Crippen molar-refractivity contribution in [1.82, 2.24) is 10.1 Å². The van der Waals surface area contributed by atoms with E-state index in [1.165, 1.54) is 12.1 Å². The molecular weight excluding hydrogens is 371 g/mol. The van der Waals surface area contributed by atoms with Gasteiger partial charge in [0.2, 0.25) is 0 Å². The summed E-state index contributed by atoms with van der Waals surface area (Å²) in [6.07, 6.45) is 0.619. The number of aromatic nitrogens is 1. The number of benzene rings is 2. The Balaban J connectivity index is 1.49. The van der Waals surface area contributed by atoms with Gasteiger partial charge in [0.15, 0.2) is 12.4 Å². The van der Waals surface area contributed by atoms with Crippen molar-refractivity contribution < 1.29 is 18.4 Å². The summed E-state index contributed by atoms with van der Waals surface area (Å²) < 4.78 is 24.6. The molecule has 0 aliphatic carbocycles. The van der Waals surface area contributed by atoms with Gasteiger partial charge in [-0.25, -0.2) is 4.39 Å². The second kappa shape index (κ2) is 7.70. The van der Waals surface area contributed by atoms with Crippen molar-refractivity contribution >= 4 is 5.91 Å². The second-order valence-corrected chi connectivity index (χ2v) is 7.45. The summed E-state index contributed by atoms with van der Waals surface area (Å²) in [4.78, 5) is 14.6. The fourth-order valence-corrected chi connectivity index (χ4v) is 3.63. The van der Waals surface area contributed by atoms with Crippen LogP contribution in [0.1, 0.15) is 27.9 Å². The molecule has 0 unspecified atom stereocenters. The molecule has 150 valence electrons. The van der Waals surface area contributed by atoms with Crippen LogP contribution in [0.4, 0.5) is 4.39 Å². The van der Waals surface area contributed by atoms with Crippen LogP contribution in [0.3, 0.4) is 0 Å². The number of ether oxygens (including phenoxy) is 1. The van der Waals surface area contributed by atoms with Gasteiger partial charge < -0.3 is 14.2 Å². The Morgan fingerprint density at radius 2 is 1.86 bits per heavy atom. The van der Waals surface area contributed by atoms with E-state index in [0.29, 0.717) is 25.3 Å². The molecule has 0 fully saturated rings. The first-order valence-corrected chi connectivity index (χ1v) is 9.64. The molecule has 0 saturated heterocycles. The van der Waals surface area contributed by atoms with Crippen molar-refractivity contribution in [1.29, 1.82) is 0 Å². The molecule has 1 aromatic heterocycles. The maximum absolute atomic E-state index is 13.2. The van der Waals surface area contributed by atoms with E-state index in [1.54, 1.807) is 17.0 Å². The molecule has 0 N–H and O–H groups in total. The number of aryl methyl sites for hydroxylation is 2. The third kappa shape index (κ3) is 3.75. The van der Waals surface area contributed by atoms with E-state index < -0.39 is 0 Å². The zero-order chi connectivity index (χ0) is 20.5. The summed E-state index contributed by atoms with van der Waals surface area (Å²) in [6, 6.07) is 10.1. The minimum Gasteiger partial charge on any atom is -0.483 e. The molecule has 29 heavy (non-hydrogen) atoms. The lowest BCUT2D eigenvalue weighted by Gasteiger charge is -2.26. The van der Waals surface area contributed by atoms with Gasteiger partial charge in [-0.1, -0.05) is 17.3 Å². The normalized spacial score (nSPS) is 13.3. The van der Waals surface area contributed by atoms with E-state index in [0.717, 1.165) is 39.3 Å². The lowest BCUT2D eigenvalue weighted by atomic mass is 10.0. The summed E-state index contributed by atoms with van der Waals surface area (Å²) in [5.74, 6) is 0.969. The predicted octanol–water partition coefficient (Wildman–Crippen LogP) is 4.37. The van der Waals surface area contributed by atoms with Crippen LogP contribution < -0.4 is 4.74 Å². The third-order valence-electron chi connectivity index (χ3n) is 5.51. The minimum atomic E-state index is -0.308. The van der Waals surface area contributed by atoms with Crippen LogP contribution in [0.15, 0.2) is 40.9 Å². The molecule has 0 saturated carbocycles. The van der Waals surface area contributed by atoms with Gasteiger partial charge in [-0.2, -0.15) is 0 Å². The van der Waals surface area contributed by atoms with Crippen LogP contribution in [-0.4, -0.2) is 29.1 Å². The topological polar surface area (TPSA) is 55.6 Å². The van der Waals surface area contributed by atoms with Gasteiger partial charge in [0.25, 0.3) is 5.91 Å². The van der Waals surface area contributed by atoms with E-state index in [1.807, 2.05) is 32.9 Å². The highest BCUT2D eigenvalue weighted by atomic mass is 19.1. The smallest absolute Gasteiger partial charge is 0.260 e. The van der Waals surface area contributed by atoms with Crippen LogP contribution in [0.25, 0.3) is 11.3 Å². The minimum absolute atomic E-state index is 0.0162. The molecular formula is C23H23FN2O3. The first-order valence-electron chi connectivity index (χ1n) is 9.64. The van der Waals surface area contributed by atoms with Gasteiger partial charge in [0.05, 0.1) is 12.2 Å². The summed E-state index contributed by atoms with van der Waals surface area (Å²) in [5, 5.41) is 4.14. The summed E-state index contributed by atoms with van der Waals surface area (Å²) >= 11 is 0. The van der Waals surface area contributed by atoms with Crippen molar-refractivity contribution in [3.05, 3.63) is 70.2 Å². The Kier molecular flexibility index (Phi) is 5.09. The fourth-order valence-electron chi connectivity index (χ4n) is 3.63. The van der Waals surface area contributed by atoms with Crippen molar-refractivity contribution in [2.24, 2.45) is 0 Å². The molecule has 6 heteroatoms. The number of hydrogen-bond donors (Lipinski definition) is 0. The summed E-state index contributed by atoms with van der Waals surface area (Å²) in [7, 11) is 0. The zero-order valence-electron chi connectivity index (χ0n) is 16.8. The number of carbonyl (C=O) groups excluding carboxylic acids is 1. The van der Waals surface area contributed by atoms with Gasteiger partial charge in [-0.05, 0) is 61.7 Å². The molecule has 5 nitrogen and oxygen atoms in total. The lowest BCUT2D eigenvalue weighted by Crippen LogP contribution is -2.38. The van der Waals surface area contributed by atoms with Gasteiger partial charge in [0.1, 0.15) is 11.6 Å². The molecule has 2 heterocycles. The van der Waals surface area contributed by atoms with Gasteiger partial charge in [0, 0.05) is 24.1 Å².